The molecule has 0 radical (unpaired) electrons. The van der Waals surface area contributed by atoms with Gasteiger partial charge in [0.15, 0.2) is 0 Å². The van der Waals surface area contributed by atoms with E-state index in [9.17, 15) is 9.59 Å². The van der Waals surface area contributed by atoms with E-state index >= 15 is 0 Å². The first kappa shape index (κ1) is 86.6. The Bertz CT molecular complexity index is 4440. The molecule has 0 amide bonds. The van der Waals surface area contributed by atoms with E-state index in [0.717, 1.165) is 0 Å². The molecule has 14 rings (SSSR count). The standard InChI is InChI=1S/C30H34S4.C30H32S4.C10H4O2S2.C10H16S.9CH3.ClH.3Sn/c2*1-3-5-7-9-11-21-13-15-25(33-21)27-23-17-19-32-30(23)28(24-18-20-31-29(24)27)26-16-14-22(34-26)12-10-8-6-4-2;11-7-5-1-3-13-9(5)8(12)6-2-4-14-10(6)7;1-2-3-4-5-7-10-8-6-9-11-10;;;;;;;;;;;;;/h13-20H,3-12H2,1-2H3;13-18H,3-12H2,1-2H3;1-4H;6,8-9H,2-5,7H2,1H3;9*1H3;1H;;;/q;;;;;;;;;;;;;;;;+1/p-1. The molecule has 566 valence electrons. The Balaban J connectivity index is 0.000000165. The summed E-state index contributed by atoms with van der Waals surface area (Å²) in [5.41, 5.74) is 7.16. The predicted octanol–water partition coefficient (Wildman–Crippen LogP) is 33.2. The van der Waals surface area contributed by atoms with Crippen LogP contribution in [0.2, 0.25) is 44.5 Å². The van der Waals surface area contributed by atoms with E-state index in [4.69, 9.17) is 8.92 Å². The van der Waals surface area contributed by atoms with Gasteiger partial charge in [-0.3, -0.25) is 9.59 Å². The van der Waals surface area contributed by atoms with Crippen LogP contribution in [0.1, 0.15) is 218 Å². The van der Waals surface area contributed by atoms with Gasteiger partial charge in [-0.2, -0.15) is 0 Å². The molecule has 0 fully saturated rings. The number of carbonyl (C=O) groups excluding carboxylic acids is 2. The molecule has 2 aromatic carbocycles. The van der Waals surface area contributed by atoms with Crippen LogP contribution in [0, 0.1) is 0 Å². The first-order valence-corrected chi connectivity index (χ1v) is 80.7. The Morgan fingerprint density at radius 3 is 0.896 bits per heavy atom. The summed E-state index contributed by atoms with van der Waals surface area (Å²) in [5, 5.41) is 16.3. The monoisotopic (exact) mass is 1960 g/mol. The number of aryl methyl sites for hydroxylation is 5. The first-order valence-electron chi connectivity index (χ1n) is 39.3. The summed E-state index contributed by atoms with van der Waals surface area (Å²) in [4.78, 5) is 60.5. The molecule has 0 aliphatic heterocycles. The second kappa shape index (κ2) is 42.0. The Morgan fingerprint density at radius 2 is 0.604 bits per heavy atom. The topological polar surface area (TPSA) is 34.1 Å². The molecule has 0 saturated carbocycles. The summed E-state index contributed by atoms with van der Waals surface area (Å²) >= 11 is 14.6. The van der Waals surface area contributed by atoms with Crippen LogP contribution in [0.5, 0.6) is 0 Å². The van der Waals surface area contributed by atoms with Crippen LogP contribution in [-0.2, 0) is 32.1 Å². The number of hydrogen-bond donors (Lipinski definition) is 0. The zero-order valence-electron chi connectivity index (χ0n) is 65.5. The van der Waals surface area contributed by atoms with Crippen LogP contribution in [0.3, 0.4) is 0 Å². The predicted molar refractivity (Wildman–Crippen MR) is 502 cm³/mol. The molecule has 106 heavy (non-hydrogen) atoms. The molecule has 0 N–H and O–H groups in total. The zero-order chi connectivity index (χ0) is 75.5. The number of thiophene rings is 11. The zero-order valence-corrected chi connectivity index (χ0v) is 83.8. The van der Waals surface area contributed by atoms with E-state index in [2.05, 4.69) is 225 Å². The van der Waals surface area contributed by atoms with Crippen molar-refractivity contribution in [3.05, 3.63) is 169 Å². The third-order valence-electron chi connectivity index (χ3n) is 19.1. The van der Waals surface area contributed by atoms with Gasteiger partial charge in [0, 0.05) is 66.8 Å². The van der Waals surface area contributed by atoms with Gasteiger partial charge in [-0.1, -0.05) is 98.5 Å². The van der Waals surface area contributed by atoms with E-state index in [1.807, 2.05) is 56.7 Å². The fourth-order valence-electron chi connectivity index (χ4n) is 13.4. The molecule has 0 atom stereocenters. The quantitative estimate of drug-likeness (QED) is 0.0321. The van der Waals surface area contributed by atoms with Crippen molar-refractivity contribution in [2.45, 2.75) is 240 Å². The molecule has 11 heterocycles. The number of benzene rings is 2. The van der Waals surface area contributed by atoms with E-state index in [0.29, 0.717) is 20.9 Å². The number of hydrogen-bond acceptors (Lipinski definition) is 13. The normalized spacial score (nSPS) is 12.3. The average Bonchev–Trinajstić information content (AvgIpc) is 1.57. The van der Waals surface area contributed by atoms with E-state index < -0.39 is 54.0 Å². The van der Waals surface area contributed by atoms with Crippen molar-refractivity contribution in [3.8, 4) is 41.8 Å². The van der Waals surface area contributed by atoms with Crippen molar-refractivity contribution in [3.63, 3.8) is 0 Å². The van der Waals surface area contributed by atoms with Gasteiger partial charge >= 0.3 is 310 Å². The van der Waals surface area contributed by atoms with Crippen molar-refractivity contribution in [2.75, 3.05) is 0 Å². The molecule has 11 aromatic heterocycles. The van der Waals surface area contributed by atoms with Crippen molar-refractivity contribution in [1.29, 1.82) is 0 Å². The summed E-state index contributed by atoms with van der Waals surface area (Å²) in [6, 6.07) is 37.2. The third-order valence-corrected chi connectivity index (χ3v) is 49.5. The molecule has 2 nitrogen and oxygen atoms in total. The second-order valence-corrected chi connectivity index (χ2v) is 93.0. The summed E-state index contributed by atoms with van der Waals surface area (Å²) in [6.45, 7) is 11.4. The Kier molecular flexibility index (Phi) is 34.3. The van der Waals surface area contributed by atoms with Crippen molar-refractivity contribution < 1.29 is 9.59 Å². The maximum absolute atomic E-state index is 11.8. The molecule has 0 saturated heterocycles. The van der Waals surface area contributed by atoms with Crippen LogP contribution in [0.4, 0.5) is 0 Å². The molecule has 13 aromatic rings. The molecular weight excluding hydrogens is 1850 g/mol. The van der Waals surface area contributed by atoms with Crippen LogP contribution in [0.15, 0.2) is 124 Å². The van der Waals surface area contributed by atoms with Crippen molar-refractivity contribution in [1.82, 2.24) is 0 Å². The molecule has 1 aliphatic carbocycles. The fraction of sp³-hybridized carbons (Fsp3) is 0.438. The molecule has 17 heteroatoms. The average molecular weight is 1960 g/mol. The summed E-state index contributed by atoms with van der Waals surface area (Å²) in [5.74, 6) is -0.0169. The Morgan fingerprint density at radius 1 is 0.302 bits per heavy atom. The molecule has 0 spiro atoms. The molecular formula is C89H113ClO2S11Sn3. The van der Waals surface area contributed by atoms with Gasteiger partial charge in [0.25, 0.3) is 0 Å². The summed E-state index contributed by atoms with van der Waals surface area (Å²) < 4.78 is 9.45. The second-order valence-electron chi connectivity index (χ2n) is 31.3. The fourth-order valence-corrected chi connectivity index (χ4v) is 35.4. The number of halogens is 1. The van der Waals surface area contributed by atoms with Gasteiger partial charge in [0.05, 0.1) is 9.75 Å². The van der Waals surface area contributed by atoms with E-state index in [-0.39, 0.29) is 11.6 Å². The van der Waals surface area contributed by atoms with Crippen molar-refractivity contribution in [2.24, 2.45) is 0 Å². The van der Waals surface area contributed by atoms with Gasteiger partial charge < -0.3 is 0 Å². The first-order chi connectivity index (χ1) is 51.0. The molecule has 1 aliphatic rings. The summed E-state index contributed by atoms with van der Waals surface area (Å²) in [7, 11) is 5.74. The third kappa shape index (κ3) is 23.5. The number of unbranched alkanes of at least 4 members (excludes halogenated alkanes) is 15. The van der Waals surface area contributed by atoms with Crippen LogP contribution in [-0.4, -0.2) is 65.6 Å². The minimum atomic E-state index is -2.28. The van der Waals surface area contributed by atoms with Crippen molar-refractivity contribution >= 4 is 245 Å². The van der Waals surface area contributed by atoms with Gasteiger partial charge in [0.2, 0.25) is 11.6 Å². The van der Waals surface area contributed by atoms with Crippen LogP contribution < -0.4 is 5.79 Å². The Hall–Kier alpha value is -1.79. The van der Waals surface area contributed by atoms with Gasteiger partial charge in [-0.15, -0.1) is 79.4 Å². The molecule has 0 unspecified atom stereocenters. The Labute approximate surface area is 696 Å². The van der Waals surface area contributed by atoms with Gasteiger partial charge in [0.1, 0.15) is 0 Å². The minimum absolute atomic E-state index is 0.00847. The van der Waals surface area contributed by atoms with Crippen LogP contribution in [0.25, 0.3) is 82.1 Å². The van der Waals surface area contributed by atoms with E-state index in [1.54, 1.807) is 74.6 Å². The summed E-state index contributed by atoms with van der Waals surface area (Å²) in [6.07, 6.45) is 33.0. The number of carbonyl (C=O) groups is 2. The number of rotatable bonds is 31. The van der Waals surface area contributed by atoms with E-state index in [1.165, 1.54) is 244 Å². The van der Waals surface area contributed by atoms with Gasteiger partial charge in [-0.05, 0) is 120 Å². The molecule has 0 bridgehead atoms. The number of fused-ring (bicyclic) bond motifs is 6. The maximum atomic E-state index is 11.8. The van der Waals surface area contributed by atoms with Gasteiger partial charge in [-0.25, -0.2) is 0 Å². The number of ketones is 2. The van der Waals surface area contributed by atoms with Crippen LogP contribution >= 0.6 is 134 Å². The SMILES string of the molecule is CCCCCCc1ccc(-c2c3c[c]([Sn]([CH3])([CH3])[CH3])sc3c(-c3ccc(CCCCCC)s3)c3c[c]([Sn]([CH3])([CH3])[CH3])sc23)s1.CCCCCCc1ccc(-c2c3ccsc3c(-c3ccc(CCCCCC)s3)c3ccsc23)s1.CCCCCCc1cccs1.O=C1c2ccsc2C(=O)c2ccsc21.[CH3][Sn]([CH3])([CH3])[Cl].